The molecule has 3 nitrogen and oxygen atoms in total. The van der Waals surface area contributed by atoms with Gasteiger partial charge in [-0.25, -0.2) is 0 Å². The van der Waals surface area contributed by atoms with Crippen molar-refractivity contribution >= 4 is 5.78 Å². The third-order valence-electron chi connectivity index (χ3n) is 3.26. The predicted molar refractivity (Wildman–Crippen MR) is 65.7 cm³/mol. The molecule has 0 aromatic carbocycles. The van der Waals surface area contributed by atoms with Crippen molar-refractivity contribution in [2.24, 2.45) is 5.92 Å². The SMILES string of the molecule is CCOC1CC(CC(=O)Cc2ccncc2)C1. The van der Waals surface area contributed by atoms with Crippen LogP contribution in [0, 0.1) is 5.92 Å². The number of rotatable bonds is 6. The molecule has 92 valence electrons. The van der Waals surface area contributed by atoms with Gasteiger partial charge in [0.15, 0.2) is 0 Å². The van der Waals surface area contributed by atoms with Crippen molar-refractivity contribution < 1.29 is 9.53 Å². The van der Waals surface area contributed by atoms with Crippen molar-refractivity contribution in [1.82, 2.24) is 4.98 Å². The van der Waals surface area contributed by atoms with Crippen molar-refractivity contribution in [1.29, 1.82) is 0 Å². The number of Topliss-reactive ketones (excluding diaryl/α,β-unsaturated/α-hetero) is 1. The van der Waals surface area contributed by atoms with Crippen LogP contribution in [0.3, 0.4) is 0 Å². The average molecular weight is 233 g/mol. The summed E-state index contributed by atoms with van der Waals surface area (Å²) in [6, 6.07) is 3.81. The summed E-state index contributed by atoms with van der Waals surface area (Å²) in [4.78, 5) is 15.8. The van der Waals surface area contributed by atoms with E-state index in [1.165, 1.54) is 0 Å². The standard InChI is InChI=1S/C14H19NO2/c1-2-17-14-9-12(10-14)8-13(16)7-11-3-5-15-6-4-11/h3-6,12,14H,2,7-10H2,1H3. The fourth-order valence-electron chi connectivity index (χ4n) is 2.34. The highest BCUT2D eigenvalue weighted by Gasteiger charge is 2.30. The van der Waals surface area contributed by atoms with E-state index in [4.69, 9.17) is 4.74 Å². The van der Waals surface area contributed by atoms with Gasteiger partial charge in [0.25, 0.3) is 0 Å². The van der Waals surface area contributed by atoms with Gasteiger partial charge in [0.1, 0.15) is 5.78 Å². The molecule has 0 aliphatic heterocycles. The first-order valence-corrected chi connectivity index (χ1v) is 6.30. The van der Waals surface area contributed by atoms with E-state index in [9.17, 15) is 4.79 Å². The summed E-state index contributed by atoms with van der Waals surface area (Å²) in [5.74, 6) is 0.872. The van der Waals surface area contributed by atoms with Crippen LogP contribution in [0.15, 0.2) is 24.5 Å². The minimum Gasteiger partial charge on any atom is -0.378 e. The van der Waals surface area contributed by atoms with Crippen LogP contribution in [-0.2, 0) is 16.0 Å². The normalized spacial score (nSPS) is 23.1. The maximum atomic E-state index is 11.8. The van der Waals surface area contributed by atoms with Gasteiger partial charge in [0.05, 0.1) is 6.10 Å². The van der Waals surface area contributed by atoms with Crippen LogP contribution in [-0.4, -0.2) is 23.5 Å². The number of ketones is 1. The van der Waals surface area contributed by atoms with E-state index >= 15 is 0 Å². The second-order valence-corrected chi connectivity index (χ2v) is 4.69. The largest absolute Gasteiger partial charge is 0.378 e. The van der Waals surface area contributed by atoms with Gasteiger partial charge >= 0.3 is 0 Å². The molecule has 0 atom stereocenters. The molecular formula is C14H19NO2. The summed E-state index contributed by atoms with van der Waals surface area (Å²) in [7, 11) is 0. The lowest BCUT2D eigenvalue weighted by atomic mass is 9.78. The van der Waals surface area contributed by atoms with Crippen molar-refractivity contribution in [3.8, 4) is 0 Å². The number of ether oxygens (including phenoxy) is 1. The molecule has 1 aliphatic carbocycles. The second kappa shape index (κ2) is 5.92. The monoisotopic (exact) mass is 233 g/mol. The van der Waals surface area contributed by atoms with Gasteiger partial charge in [-0.15, -0.1) is 0 Å². The summed E-state index contributed by atoms with van der Waals surface area (Å²) in [5, 5.41) is 0. The molecule has 1 aliphatic rings. The summed E-state index contributed by atoms with van der Waals surface area (Å²) >= 11 is 0. The van der Waals surface area contributed by atoms with Gasteiger partial charge in [-0.05, 0) is 43.4 Å². The molecule has 2 rings (SSSR count). The topological polar surface area (TPSA) is 39.2 Å². The maximum Gasteiger partial charge on any atom is 0.137 e. The van der Waals surface area contributed by atoms with Crippen LogP contribution in [0.5, 0.6) is 0 Å². The highest BCUT2D eigenvalue weighted by Crippen LogP contribution is 2.33. The van der Waals surface area contributed by atoms with Gasteiger partial charge in [-0.1, -0.05) is 0 Å². The van der Waals surface area contributed by atoms with E-state index in [1.807, 2.05) is 19.1 Å². The molecule has 1 saturated carbocycles. The van der Waals surface area contributed by atoms with Crippen molar-refractivity contribution in [3.63, 3.8) is 0 Å². The van der Waals surface area contributed by atoms with E-state index in [1.54, 1.807) is 12.4 Å². The van der Waals surface area contributed by atoms with Crippen LogP contribution in [0.25, 0.3) is 0 Å². The van der Waals surface area contributed by atoms with Crippen LogP contribution >= 0.6 is 0 Å². The molecule has 0 unspecified atom stereocenters. The fraction of sp³-hybridized carbons (Fsp3) is 0.571. The molecule has 0 amide bonds. The second-order valence-electron chi connectivity index (χ2n) is 4.69. The quantitative estimate of drug-likeness (QED) is 0.757. The van der Waals surface area contributed by atoms with E-state index in [0.717, 1.165) is 25.0 Å². The Morgan fingerprint density at radius 2 is 2.12 bits per heavy atom. The Hall–Kier alpha value is -1.22. The maximum absolute atomic E-state index is 11.8. The Morgan fingerprint density at radius 1 is 1.41 bits per heavy atom. The van der Waals surface area contributed by atoms with Crippen LogP contribution < -0.4 is 0 Å². The van der Waals surface area contributed by atoms with Gasteiger partial charge < -0.3 is 4.74 Å². The lowest BCUT2D eigenvalue weighted by molar-refractivity contribution is -0.121. The average Bonchev–Trinajstić information content (AvgIpc) is 2.27. The summed E-state index contributed by atoms with van der Waals surface area (Å²) in [6.45, 7) is 2.80. The Kier molecular flexibility index (Phi) is 4.26. The zero-order valence-electron chi connectivity index (χ0n) is 10.3. The lowest BCUT2D eigenvalue weighted by Crippen LogP contribution is -2.33. The fourth-order valence-corrected chi connectivity index (χ4v) is 2.34. The van der Waals surface area contributed by atoms with Gasteiger partial charge in [0, 0.05) is 31.8 Å². The van der Waals surface area contributed by atoms with E-state index in [2.05, 4.69) is 4.98 Å². The molecule has 0 spiro atoms. The van der Waals surface area contributed by atoms with Crippen LogP contribution in [0.1, 0.15) is 31.7 Å². The summed E-state index contributed by atoms with van der Waals surface area (Å²) in [6.07, 6.45) is 7.21. The smallest absolute Gasteiger partial charge is 0.137 e. The Labute approximate surface area is 102 Å². The number of hydrogen-bond acceptors (Lipinski definition) is 3. The molecule has 0 saturated heterocycles. The first-order valence-electron chi connectivity index (χ1n) is 6.30. The summed E-state index contributed by atoms with van der Waals surface area (Å²) in [5.41, 5.74) is 1.06. The zero-order chi connectivity index (χ0) is 12.1. The number of aromatic nitrogens is 1. The van der Waals surface area contributed by atoms with E-state index < -0.39 is 0 Å². The minimum absolute atomic E-state index is 0.330. The molecule has 1 aromatic rings. The van der Waals surface area contributed by atoms with E-state index in [0.29, 0.717) is 30.6 Å². The zero-order valence-corrected chi connectivity index (χ0v) is 10.3. The number of hydrogen-bond donors (Lipinski definition) is 0. The molecule has 17 heavy (non-hydrogen) atoms. The first-order chi connectivity index (χ1) is 8.28. The van der Waals surface area contributed by atoms with Crippen molar-refractivity contribution in [3.05, 3.63) is 30.1 Å². The minimum atomic E-state index is 0.330. The molecule has 1 aromatic heterocycles. The van der Waals surface area contributed by atoms with Crippen LogP contribution in [0.4, 0.5) is 0 Å². The van der Waals surface area contributed by atoms with Gasteiger partial charge in [-0.2, -0.15) is 0 Å². The molecule has 0 radical (unpaired) electrons. The third kappa shape index (κ3) is 3.63. The molecular weight excluding hydrogens is 214 g/mol. The third-order valence-corrected chi connectivity index (χ3v) is 3.26. The molecule has 1 fully saturated rings. The van der Waals surface area contributed by atoms with Gasteiger partial charge in [-0.3, -0.25) is 9.78 Å². The Bertz CT molecular complexity index is 358. The number of carbonyl (C=O) groups is 1. The number of carbonyl (C=O) groups excluding carboxylic acids is 1. The summed E-state index contributed by atoms with van der Waals surface area (Å²) < 4.78 is 5.49. The molecule has 1 heterocycles. The van der Waals surface area contributed by atoms with Crippen molar-refractivity contribution in [2.75, 3.05) is 6.61 Å². The highest BCUT2D eigenvalue weighted by atomic mass is 16.5. The predicted octanol–water partition coefficient (Wildman–Crippen LogP) is 2.40. The highest BCUT2D eigenvalue weighted by molar-refractivity contribution is 5.81. The van der Waals surface area contributed by atoms with Crippen molar-refractivity contribution in [2.45, 2.75) is 38.7 Å². The Morgan fingerprint density at radius 3 is 2.76 bits per heavy atom. The van der Waals surface area contributed by atoms with E-state index in [-0.39, 0.29) is 0 Å². The number of pyridine rings is 1. The van der Waals surface area contributed by atoms with Gasteiger partial charge in [0.2, 0.25) is 0 Å². The Balaban J connectivity index is 1.69. The van der Waals surface area contributed by atoms with Crippen LogP contribution in [0.2, 0.25) is 0 Å². The molecule has 0 N–H and O–H groups in total. The molecule has 0 bridgehead atoms. The first kappa shape index (κ1) is 12.2. The number of nitrogens with zero attached hydrogens (tertiary/aromatic N) is 1. The lowest BCUT2D eigenvalue weighted by Gasteiger charge is -2.34. The molecule has 3 heteroatoms.